The summed E-state index contributed by atoms with van der Waals surface area (Å²) in [5.41, 5.74) is 1.43. The van der Waals surface area contributed by atoms with Crippen molar-refractivity contribution < 1.29 is 13.7 Å². The van der Waals surface area contributed by atoms with E-state index in [1.54, 1.807) is 18.2 Å². The van der Waals surface area contributed by atoms with Crippen LogP contribution in [-0.4, -0.2) is 48.6 Å². The maximum atomic E-state index is 14.5. The quantitative estimate of drug-likeness (QED) is 0.347. The standard InChI is InChI=1S/C23H29Cl2FN3O/c1-17(20-7-5-8-21(24)23(20)25)27-15-29(16-30,19-10-12-28(2)13-11-19)14-18-6-3-4-9-22(18)26/h3-9,16-17,19,27H,10-15H2,1-2H3/q+1. The van der Waals surface area contributed by atoms with Crippen molar-refractivity contribution in [2.24, 2.45) is 0 Å². The van der Waals surface area contributed by atoms with Gasteiger partial charge in [0.2, 0.25) is 0 Å². The van der Waals surface area contributed by atoms with Gasteiger partial charge in [-0.05, 0) is 31.7 Å². The van der Waals surface area contributed by atoms with Gasteiger partial charge >= 0.3 is 6.41 Å². The monoisotopic (exact) mass is 452 g/mol. The molecular weight excluding hydrogens is 424 g/mol. The van der Waals surface area contributed by atoms with E-state index < -0.39 is 0 Å². The van der Waals surface area contributed by atoms with Gasteiger partial charge in [0.05, 0.1) is 16.1 Å². The number of piperidine rings is 1. The first-order chi connectivity index (χ1) is 14.4. The van der Waals surface area contributed by atoms with Crippen LogP contribution in [0.25, 0.3) is 0 Å². The zero-order chi connectivity index (χ0) is 21.7. The second kappa shape index (κ2) is 10.2. The molecule has 0 radical (unpaired) electrons. The Balaban J connectivity index is 1.85. The number of carbonyl (C=O) groups excluding carboxylic acids is 1. The number of rotatable bonds is 8. The minimum absolute atomic E-state index is 0.111. The third-order valence-electron chi connectivity index (χ3n) is 6.19. The van der Waals surface area contributed by atoms with E-state index in [1.807, 2.05) is 25.1 Å². The second-order valence-electron chi connectivity index (χ2n) is 8.22. The lowest BCUT2D eigenvalue weighted by Gasteiger charge is -2.43. The zero-order valence-corrected chi connectivity index (χ0v) is 19.0. The summed E-state index contributed by atoms with van der Waals surface area (Å²) >= 11 is 12.6. The molecule has 0 bridgehead atoms. The number of halogens is 3. The molecule has 1 saturated heterocycles. The third-order valence-corrected chi connectivity index (χ3v) is 7.02. The van der Waals surface area contributed by atoms with Gasteiger partial charge in [0.15, 0.2) is 0 Å². The van der Waals surface area contributed by atoms with Crippen LogP contribution in [-0.2, 0) is 11.3 Å². The molecule has 1 aliphatic heterocycles. The van der Waals surface area contributed by atoms with Crippen LogP contribution in [0, 0.1) is 5.82 Å². The van der Waals surface area contributed by atoms with Crippen LogP contribution < -0.4 is 5.32 Å². The molecule has 1 aliphatic rings. The van der Waals surface area contributed by atoms with Crippen LogP contribution in [0.4, 0.5) is 4.39 Å². The van der Waals surface area contributed by atoms with Gasteiger partial charge in [-0.1, -0.05) is 53.5 Å². The molecule has 2 unspecified atom stereocenters. The number of hydrogen-bond donors (Lipinski definition) is 1. The normalized spacial score (nSPS) is 18.7. The summed E-state index contributed by atoms with van der Waals surface area (Å²) in [5.74, 6) is -0.277. The predicted octanol–water partition coefficient (Wildman–Crippen LogP) is 5.01. The molecule has 0 aromatic heterocycles. The van der Waals surface area contributed by atoms with Crippen molar-refractivity contribution in [3.63, 3.8) is 0 Å². The van der Waals surface area contributed by atoms with Gasteiger partial charge in [-0.3, -0.25) is 5.32 Å². The fraction of sp³-hybridized carbons (Fsp3) is 0.435. The summed E-state index contributed by atoms with van der Waals surface area (Å²) in [6, 6.07) is 12.2. The van der Waals surface area contributed by atoms with Gasteiger partial charge in [0.25, 0.3) is 0 Å². The van der Waals surface area contributed by atoms with Gasteiger partial charge < -0.3 is 4.90 Å². The van der Waals surface area contributed by atoms with Crippen LogP contribution in [0.5, 0.6) is 0 Å². The van der Waals surface area contributed by atoms with Crippen molar-refractivity contribution in [2.45, 2.75) is 38.4 Å². The first-order valence-corrected chi connectivity index (χ1v) is 11.0. The highest BCUT2D eigenvalue weighted by Crippen LogP contribution is 2.31. The van der Waals surface area contributed by atoms with E-state index in [0.29, 0.717) is 28.8 Å². The van der Waals surface area contributed by atoms with E-state index in [-0.39, 0.29) is 22.4 Å². The van der Waals surface area contributed by atoms with E-state index in [1.165, 1.54) is 6.07 Å². The van der Waals surface area contributed by atoms with Crippen molar-refractivity contribution in [3.8, 4) is 0 Å². The molecule has 2 aromatic carbocycles. The van der Waals surface area contributed by atoms with Gasteiger partial charge in [-0.25, -0.2) is 13.7 Å². The molecule has 7 heteroatoms. The van der Waals surface area contributed by atoms with Gasteiger partial charge in [0, 0.05) is 37.5 Å². The third kappa shape index (κ3) is 5.21. The smallest absolute Gasteiger partial charge is 0.303 e. The number of quaternary nitrogens is 1. The fourth-order valence-corrected chi connectivity index (χ4v) is 4.67. The van der Waals surface area contributed by atoms with E-state index in [0.717, 1.165) is 37.9 Å². The highest BCUT2D eigenvalue weighted by Gasteiger charge is 2.40. The fourth-order valence-electron chi connectivity index (χ4n) is 4.20. The Bertz CT molecular complexity index is 873. The number of benzene rings is 2. The van der Waals surface area contributed by atoms with Crippen LogP contribution in [0.3, 0.4) is 0 Å². The molecule has 162 valence electrons. The molecule has 2 aromatic rings. The van der Waals surface area contributed by atoms with Gasteiger partial charge in [0.1, 0.15) is 19.0 Å². The van der Waals surface area contributed by atoms with Crippen LogP contribution in [0.15, 0.2) is 42.5 Å². The zero-order valence-electron chi connectivity index (χ0n) is 17.5. The lowest BCUT2D eigenvalue weighted by atomic mass is 10.00. The lowest BCUT2D eigenvalue weighted by molar-refractivity contribution is -0.889. The average Bonchev–Trinajstić information content (AvgIpc) is 2.75. The minimum atomic E-state index is -0.277. The summed E-state index contributed by atoms with van der Waals surface area (Å²) in [7, 11) is 2.09. The highest BCUT2D eigenvalue weighted by atomic mass is 35.5. The molecule has 0 aliphatic carbocycles. The van der Waals surface area contributed by atoms with Crippen molar-refractivity contribution in [2.75, 3.05) is 26.8 Å². The molecule has 4 nitrogen and oxygen atoms in total. The maximum absolute atomic E-state index is 14.5. The summed E-state index contributed by atoms with van der Waals surface area (Å²) in [6.07, 6.45) is 2.76. The van der Waals surface area contributed by atoms with Crippen molar-refractivity contribution in [1.82, 2.24) is 10.2 Å². The van der Waals surface area contributed by atoms with Crippen molar-refractivity contribution in [1.29, 1.82) is 0 Å². The maximum Gasteiger partial charge on any atom is 0.303 e. The Morgan fingerprint density at radius 3 is 2.57 bits per heavy atom. The minimum Gasteiger partial charge on any atom is -0.306 e. The first kappa shape index (κ1) is 23.2. The lowest BCUT2D eigenvalue weighted by Crippen LogP contribution is -2.60. The number of carbonyl (C=O) groups is 1. The topological polar surface area (TPSA) is 32.3 Å². The van der Waals surface area contributed by atoms with E-state index in [4.69, 9.17) is 23.2 Å². The van der Waals surface area contributed by atoms with E-state index in [2.05, 4.69) is 17.3 Å². The van der Waals surface area contributed by atoms with Crippen molar-refractivity contribution >= 4 is 29.6 Å². The number of likely N-dealkylation sites (tertiary alicyclic amines) is 1. The SMILES string of the molecule is CC(NC[N+](C=O)(Cc1ccccc1F)C1CCN(C)CC1)c1cccc(Cl)c1Cl. The summed E-state index contributed by atoms with van der Waals surface area (Å²) in [5, 5.41) is 4.48. The van der Waals surface area contributed by atoms with Gasteiger partial charge in [-0.2, -0.15) is 0 Å². The van der Waals surface area contributed by atoms with Crippen molar-refractivity contribution in [3.05, 3.63) is 69.5 Å². The van der Waals surface area contributed by atoms with Crippen LogP contribution >= 0.6 is 23.2 Å². The largest absolute Gasteiger partial charge is 0.306 e. The first-order valence-electron chi connectivity index (χ1n) is 10.3. The molecule has 30 heavy (non-hydrogen) atoms. The van der Waals surface area contributed by atoms with Crippen LogP contribution in [0.2, 0.25) is 10.0 Å². The summed E-state index contributed by atoms with van der Waals surface area (Å²) < 4.78 is 14.6. The summed E-state index contributed by atoms with van der Waals surface area (Å²) in [6.45, 7) is 4.54. The number of hydrogen-bond acceptors (Lipinski definition) is 3. The molecule has 1 fully saturated rings. The molecule has 1 amide bonds. The summed E-state index contributed by atoms with van der Waals surface area (Å²) in [4.78, 5) is 14.8. The van der Waals surface area contributed by atoms with E-state index in [9.17, 15) is 9.18 Å². The number of nitrogens with one attached hydrogen (secondary N) is 1. The molecular formula is C23H29Cl2FN3O+. The van der Waals surface area contributed by atoms with E-state index >= 15 is 0 Å². The molecule has 0 spiro atoms. The van der Waals surface area contributed by atoms with Crippen LogP contribution in [0.1, 0.15) is 36.9 Å². The highest BCUT2D eigenvalue weighted by molar-refractivity contribution is 6.42. The molecule has 2 atom stereocenters. The Hall–Kier alpha value is -1.50. The second-order valence-corrected chi connectivity index (χ2v) is 9.00. The average molecular weight is 453 g/mol. The Labute approximate surface area is 188 Å². The number of amides is 1. The molecule has 1 N–H and O–H groups in total. The van der Waals surface area contributed by atoms with Gasteiger partial charge in [-0.15, -0.1) is 0 Å². The Morgan fingerprint density at radius 1 is 1.20 bits per heavy atom. The number of nitrogens with zero attached hydrogens (tertiary/aromatic N) is 2. The molecule has 1 heterocycles. The molecule has 0 saturated carbocycles. The Morgan fingerprint density at radius 2 is 1.90 bits per heavy atom. The molecule has 3 rings (SSSR count). The Kier molecular flexibility index (Phi) is 7.88. The predicted molar refractivity (Wildman–Crippen MR) is 120 cm³/mol.